The van der Waals surface area contributed by atoms with Crippen molar-refractivity contribution in [1.29, 1.82) is 0 Å². The van der Waals surface area contributed by atoms with E-state index in [1.54, 1.807) is 0 Å². The third kappa shape index (κ3) is 8.79. The highest BCUT2D eigenvalue weighted by atomic mass is 16.5. The van der Waals surface area contributed by atoms with Gasteiger partial charge in [-0.15, -0.1) is 0 Å². The molecule has 0 radical (unpaired) electrons. The molecular weight excluding hydrogens is 1030 g/mol. The summed E-state index contributed by atoms with van der Waals surface area (Å²) in [6.07, 6.45) is 19.0. The first kappa shape index (κ1) is 52.8. The highest BCUT2D eigenvalue weighted by molar-refractivity contribution is 5.71. The number of hydrogen-bond donors (Lipinski definition) is 0. The van der Waals surface area contributed by atoms with Crippen LogP contribution in [0.2, 0.25) is 0 Å². The number of fused-ring (bicyclic) bond motifs is 8. The second kappa shape index (κ2) is 22.3. The minimum atomic E-state index is 0.0843. The van der Waals surface area contributed by atoms with Gasteiger partial charge in [0.15, 0.2) is 0 Å². The number of para-hydroxylation sites is 7. The molecule has 5 saturated carbocycles. The van der Waals surface area contributed by atoms with Gasteiger partial charge in [0.25, 0.3) is 0 Å². The molecule has 4 saturated heterocycles. The van der Waals surface area contributed by atoms with Crippen molar-refractivity contribution < 1.29 is 4.74 Å². The fourth-order valence-electron chi connectivity index (χ4n) is 20.1. The van der Waals surface area contributed by atoms with Crippen molar-refractivity contribution in [3.05, 3.63) is 211 Å². The molecule has 8 heteroatoms. The Morgan fingerprint density at radius 2 is 0.667 bits per heavy atom. The monoisotopic (exact) mass is 1110 g/mol. The molecule has 84 heavy (non-hydrogen) atoms. The molecule has 0 N–H and O–H groups in total. The molecule has 9 aliphatic rings. The molecule has 432 valence electrons. The van der Waals surface area contributed by atoms with E-state index in [0.717, 1.165) is 50.7 Å². The molecule has 4 heterocycles. The van der Waals surface area contributed by atoms with Gasteiger partial charge in [-0.25, -0.2) is 0 Å². The number of anilines is 6. The van der Waals surface area contributed by atoms with Crippen LogP contribution < -0.4 is 29.2 Å². The van der Waals surface area contributed by atoms with Gasteiger partial charge in [0.05, 0.1) is 24.2 Å². The van der Waals surface area contributed by atoms with Crippen molar-refractivity contribution in [2.24, 2.45) is 0 Å². The van der Waals surface area contributed by atoms with Crippen molar-refractivity contribution in [1.82, 2.24) is 9.80 Å². The van der Waals surface area contributed by atoms with Crippen LogP contribution in [0.4, 0.5) is 34.1 Å². The zero-order valence-corrected chi connectivity index (χ0v) is 49.6. The summed E-state index contributed by atoms with van der Waals surface area (Å²) in [5, 5.41) is 0. The average Bonchev–Trinajstić information content (AvgIpc) is 0.826. The van der Waals surface area contributed by atoms with Crippen LogP contribution in [0.3, 0.4) is 0 Å². The zero-order valence-electron chi connectivity index (χ0n) is 49.6. The summed E-state index contributed by atoms with van der Waals surface area (Å²) in [5.41, 5.74) is 11.3. The molecule has 5 aliphatic carbocycles. The molecule has 0 amide bonds. The van der Waals surface area contributed by atoms with Gasteiger partial charge < -0.3 is 29.2 Å². The predicted octanol–water partition coefficient (Wildman–Crippen LogP) is 15.1. The molecule has 16 atom stereocenters. The molecule has 0 aromatic heterocycles. The standard InChI is InChI=1S/C76H87N7O/c1-3-52-28-20-22-40-61(52)81(62-41-23-21-29-53(62)4-2)58-46-71-75-72(47-58)79(56-34-14-7-15-35-56)67-50-68-70(51-69(67)82(75)65-44-26-24-42-63(65)77(71)54-30-10-5-11-31-54)83-66-45-27-25-43-64(66)78(55-32-12-6-13-33-55)73-48-60(84-59-38-18-9-19-39-59)49-74(76(73)83)80(68)57-36-16-8-17-37-57/h5-23,28-41,58,60,63-76H,3-4,24-27,42-51H2,1-2H3. The molecule has 16 rings (SSSR count). The second-order valence-electron chi connectivity index (χ2n) is 26.7. The van der Waals surface area contributed by atoms with Crippen LogP contribution >= 0.6 is 0 Å². The molecular formula is C76H87N7O. The summed E-state index contributed by atoms with van der Waals surface area (Å²) in [6.45, 7) is 4.73. The first-order chi connectivity index (χ1) is 41.6. The van der Waals surface area contributed by atoms with Crippen LogP contribution in [0.1, 0.15) is 115 Å². The van der Waals surface area contributed by atoms with Crippen molar-refractivity contribution >= 4 is 34.1 Å². The maximum atomic E-state index is 7.32. The van der Waals surface area contributed by atoms with E-state index in [2.05, 4.69) is 248 Å². The van der Waals surface area contributed by atoms with Gasteiger partial charge in [-0.2, -0.15) is 0 Å². The van der Waals surface area contributed by atoms with Gasteiger partial charge in [-0.05, 0) is 148 Å². The van der Waals surface area contributed by atoms with E-state index in [-0.39, 0.29) is 24.2 Å². The number of benzene rings is 7. The summed E-state index contributed by atoms with van der Waals surface area (Å²) < 4.78 is 7.32. The second-order valence-corrected chi connectivity index (χ2v) is 26.7. The van der Waals surface area contributed by atoms with Crippen molar-refractivity contribution in [3.63, 3.8) is 0 Å². The fourth-order valence-corrected chi connectivity index (χ4v) is 20.1. The summed E-state index contributed by atoms with van der Waals surface area (Å²) in [4.78, 5) is 21.9. The normalized spacial score (nSPS) is 33.3. The lowest BCUT2D eigenvalue weighted by Crippen LogP contribution is -2.87. The number of nitrogens with zero attached hydrogens (tertiary/aromatic N) is 7. The lowest BCUT2D eigenvalue weighted by atomic mass is 9.64. The SMILES string of the molecule is CCc1ccccc1N(c1ccccc1CC)C1CC2C3C(C1)N(c1ccccc1)C1CC4C(CC1N3C1CCCCC1N2c1ccccc1)N1C2CCCCC2N(c2ccccc2)C2CC(Oc3ccccc3)CC(C21)N4c1ccccc1. The predicted molar refractivity (Wildman–Crippen MR) is 345 cm³/mol. The molecule has 9 fully saturated rings. The van der Waals surface area contributed by atoms with E-state index in [9.17, 15) is 0 Å². The maximum Gasteiger partial charge on any atom is 0.119 e. The first-order valence-corrected chi connectivity index (χ1v) is 33.2. The van der Waals surface area contributed by atoms with Gasteiger partial charge in [-0.3, -0.25) is 9.80 Å². The third-order valence-corrected chi connectivity index (χ3v) is 22.8. The molecule has 8 nitrogen and oxygen atoms in total. The van der Waals surface area contributed by atoms with Crippen molar-refractivity contribution in [2.75, 3.05) is 24.5 Å². The van der Waals surface area contributed by atoms with E-state index >= 15 is 0 Å². The Labute approximate surface area is 501 Å². The van der Waals surface area contributed by atoms with Crippen LogP contribution in [0.5, 0.6) is 5.75 Å². The number of ether oxygens (including phenoxy) is 1. The lowest BCUT2D eigenvalue weighted by Gasteiger charge is -2.74. The Kier molecular flexibility index (Phi) is 14.0. The van der Waals surface area contributed by atoms with Gasteiger partial charge >= 0.3 is 0 Å². The number of rotatable bonds is 11. The highest BCUT2D eigenvalue weighted by Crippen LogP contribution is 2.58. The van der Waals surface area contributed by atoms with E-state index in [1.165, 1.54) is 103 Å². The molecule has 4 aliphatic heterocycles. The summed E-state index contributed by atoms with van der Waals surface area (Å²) in [7, 11) is 0. The highest BCUT2D eigenvalue weighted by Gasteiger charge is 2.67. The molecule has 7 aromatic rings. The Morgan fingerprint density at radius 3 is 1.07 bits per heavy atom. The van der Waals surface area contributed by atoms with E-state index in [4.69, 9.17) is 4.74 Å². The smallest absolute Gasteiger partial charge is 0.119 e. The van der Waals surface area contributed by atoms with Gasteiger partial charge in [0, 0.05) is 113 Å². The van der Waals surface area contributed by atoms with E-state index < -0.39 is 0 Å². The molecule has 16 unspecified atom stereocenters. The van der Waals surface area contributed by atoms with Gasteiger partial charge in [-0.1, -0.05) is 167 Å². The zero-order chi connectivity index (χ0) is 55.8. The number of aryl methyl sites for hydroxylation is 2. The van der Waals surface area contributed by atoms with E-state index in [0.29, 0.717) is 72.5 Å². The Hall–Kier alpha value is -6.74. The molecule has 0 spiro atoms. The Balaban J connectivity index is 0.890. The summed E-state index contributed by atoms with van der Waals surface area (Å²) in [5.74, 6) is 0.999. The lowest BCUT2D eigenvalue weighted by molar-refractivity contribution is -0.123. The Morgan fingerprint density at radius 1 is 0.333 bits per heavy atom. The number of hydrogen-bond acceptors (Lipinski definition) is 8. The van der Waals surface area contributed by atoms with Crippen LogP contribution in [-0.2, 0) is 12.8 Å². The number of piperazine rings is 4. The van der Waals surface area contributed by atoms with Crippen molar-refractivity contribution in [2.45, 2.75) is 213 Å². The maximum absolute atomic E-state index is 7.32. The minimum absolute atomic E-state index is 0.0843. The summed E-state index contributed by atoms with van der Waals surface area (Å²) >= 11 is 0. The van der Waals surface area contributed by atoms with Gasteiger partial charge in [0.1, 0.15) is 11.9 Å². The van der Waals surface area contributed by atoms with Crippen LogP contribution in [0, 0.1) is 0 Å². The quantitative estimate of drug-likeness (QED) is 0.127. The van der Waals surface area contributed by atoms with Crippen LogP contribution in [0.25, 0.3) is 0 Å². The third-order valence-electron chi connectivity index (χ3n) is 22.8. The van der Waals surface area contributed by atoms with Crippen molar-refractivity contribution in [3.8, 4) is 5.75 Å². The average molecular weight is 1110 g/mol. The van der Waals surface area contributed by atoms with Crippen LogP contribution in [0.15, 0.2) is 200 Å². The largest absolute Gasteiger partial charge is 0.490 e. The van der Waals surface area contributed by atoms with Gasteiger partial charge in [0.2, 0.25) is 0 Å². The van der Waals surface area contributed by atoms with E-state index in [1.807, 2.05) is 0 Å². The molecule has 7 aromatic carbocycles. The Bertz CT molecular complexity index is 3300. The topological polar surface area (TPSA) is 31.9 Å². The fraction of sp³-hybridized carbons (Fsp3) is 0.447. The minimum Gasteiger partial charge on any atom is -0.490 e. The molecule has 0 bridgehead atoms. The summed E-state index contributed by atoms with van der Waals surface area (Å²) in [6, 6.07) is 82.6. The first-order valence-electron chi connectivity index (χ1n) is 33.2. The van der Waals surface area contributed by atoms with Crippen LogP contribution in [-0.4, -0.2) is 107 Å².